The summed E-state index contributed by atoms with van der Waals surface area (Å²) in [6, 6.07) is 53.9. The second-order valence-corrected chi connectivity index (χ2v) is 13.8. The molecular weight excluding hydrogens is 647 g/mol. The SMILES string of the molecule is c1ccc2cc3c(cc2c1)c1nc(-c2ccc4c5ccccc5c5ccccc5c4c2)cnc1c1ncc(-n2c4ccccc4c4ccccc42)nc31. The molecule has 0 N–H and O–H groups in total. The molecule has 0 aliphatic heterocycles. The fraction of sp³-hybridized carbons (Fsp3) is 0. The van der Waals surface area contributed by atoms with Crippen LogP contribution in [0.25, 0.3) is 115 Å². The average Bonchev–Trinajstić information content (AvgIpc) is 3.57. The van der Waals surface area contributed by atoms with E-state index in [2.05, 4.69) is 156 Å². The highest BCUT2D eigenvalue weighted by Crippen LogP contribution is 2.39. The number of benzene rings is 9. The summed E-state index contributed by atoms with van der Waals surface area (Å²) >= 11 is 0. The van der Waals surface area contributed by atoms with Gasteiger partial charge in [-0.05, 0) is 73.4 Å². The molecule has 0 atom stereocenters. The zero-order valence-corrected chi connectivity index (χ0v) is 28.3. The Bertz CT molecular complexity index is 3440. The molecule has 53 heavy (non-hydrogen) atoms. The van der Waals surface area contributed by atoms with E-state index in [4.69, 9.17) is 19.9 Å². The first-order valence-corrected chi connectivity index (χ1v) is 17.9. The maximum absolute atomic E-state index is 5.40. The Morgan fingerprint density at radius 1 is 0.340 bits per heavy atom. The van der Waals surface area contributed by atoms with Gasteiger partial charge in [-0.2, -0.15) is 0 Å². The fourth-order valence-corrected chi connectivity index (χ4v) is 8.61. The van der Waals surface area contributed by atoms with Gasteiger partial charge >= 0.3 is 0 Å². The topological polar surface area (TPSA) is 56.5 Å². The monoisotopic (exact) mass is 673 g/mol. The zero-order valence-electron chi connectivity index (χ0n) is 28.3. The molecule has 12 rings (SSSR count). The molecule has 0 saturated heterocycles. The van der Waals surface area contributed by atoms with Crippen LogP contribution in [0.1, 0.15) is 0 Å². The van der Waals surface area contributed by atoms with Crippen LogP contribution >= 0.6 is 0 Å². The summed E-state index contributed by atoms with van der Waals surface area (Å²) in [5.41, 5.74) is 7.14. The Morgan fingerprint density at radius 2 is 0.811 bits per heavy atom. The van der Waals surface area contributed by atoms with Crippen LogP contribution in [0.3, 0.4) is 0 Å². The number of para-hydroxylation sites is 2. The van der Waals surface area contributed by atoms with Gasteiger partial charge in [-0.1, -0.05) is 121 Å². The second-order valence-electron chi connectivity index (χ2n) is 13.8. The predicted molar refractivity (Wildman–Crippen MR) is 220 cm³/mol. The standard InChI is InChI=1S/C48H27N5/c1-2-12-29-24-40-39(23-28(29)11-1)45-47(48-46(40)52-44(27-50-48)53-42-19-9-7-17-36(42)37-18-8-10-20-43(37)53)49-26-41(51-45)30-21-22-35-33-15-4-3-13-31(33)32-14-5-6-16-34(32)38(35)25-30/h1-27H. The average molecular weight is 674 g/mol. The molecule has 0 unspecified atom stereocenters. The normalized spacial score (nSPS) is 12.2. The first-order valence-electron chi connectivity index (χ1n) is 17.9. The smallest absolute Gasteiger partial charge is 0.156 e. The number of nitrogens with zero attached hydrogens (tertiary/aromatic N) is 5. The van der Waals surface area contributed by atoms with Crippen LogP contribution in [0.5, 0.6) is 0 Å². The van der Waals surface area contributed by atoms with Crippen LogP contribution < -0.4 is 0 Å². The van der Waals surface area contributed by atoms with Crippen molar-refractivity contribution in [3.63, 3.8) is 0 Å². The van der Waals surface area contributed by atoms with Crippen LogP contribution in [0.2, 0.25) is 0 Å². The Labute approximate surface area is 302 Å². The highest BCUT2D eigenvalue weighted by Gasteiger charge is 2.19. The largest absolute Gasteiger partial charge is 0.292 e. The van der Waals surface area contributed by atoms with Gasteiger partial charge in [-0.25, -0.2) is 19.9 Å². The molecule has 3 heterocycles. The van der Waals surface area contributed by atoms with Crippen molar-refractivity contribution in [2.75, 3.05) is 0 Å². The lowest BCUT2D eigenvalue weighted by atomic mass is 9.93. The minimum absolute atomic E-state index is 0.738. The first-order chi connectivity index (χ1) is 26.3. The quantitative estimate of drug-likeness (QED) is 0.135. The van der Waals surface area contributed by atoms with E-state index in [-0.39, 0.29) is 0 Å². The summed E-state index contributed by atoms with van der Waals surface area (Å²) in [7, 11) is 0. The molecule has 0 radical (unpaired) electrons. The number of fused-ring (bicyclic) bond motifs is 16. The van der Waals surface area contributed by atoms with E-state index in [0.29, 0.717) is 0 Å². The highest BCUT2D eigenvalue weighted by molar-refractivity contribution is 6.26. The Hall–Kier alpha value is -7.24. The molecule has 5 nitrogen and oxygen atoms in total. The van der Waals surface area contributed by atoms with Crippen molar-refractivity contribution in [2.24, 2.45) is 0 Å². The summed E-state index contributed by atoms with van der Waals surface area (Å²) in [4.78, 5) is 21.1. The van der Waals surface area contributed by atoms with Crippen molar-refractivity contribution < 1.29 is 0 Å². The van der Waals surface area contributed by atoms with Gasteiger partial charge < -0.3 is 0 Å². The van der Waals surface area contributed by atoms with Crippen LogP contribution in [0, 0.1) is 0 Å². The third-order valence-electron chi connectivity index (χ3n) is 11.0. The van der Waals surface area contributed by atoms with E-state index in [1.54, 1.807) is 0 Å². The van der Waals surface area contributed by atoms with Gasteiger partial charge in [-0.3, -0.25) is 4.57 Å². The highest BCUT2D eigenvalue weighted by atomic mass is 15.1. The molecule has 12 aromatic rings. The third kappa shape index (κ3) is 4.02. The maximum atomic E-state index is 5.40. The molecule has 0 aliphatic rings. The van der Waals surface area contributed by atoms with Crippen LogP contribution in [0.15, 0.2) is 164 Å². The first kappa shape index (κ1) is 28.5. The van der Waals surface area contributed by atoms with Crippen LogP contribution in [-0.4, -0.2) is 24.5 Å². The van der Waals surface area contributed by atoms with Crippen molar-refractivity contribution >= 4 is 97.7 Å². The Kier molecular flexibility index (Phi) is 5.71. The summed E-state index contributed by atoms with van der Waals surface area (Å²) in [6.07, 6.45) is 3.77. The zero-order chi connectivity index (χ0) is 34.6. The van der Waals surface area contributed by atoms with E-state index in [0.717, 1.165) is 71.7 Å². The second kappa shape index (κ2) is 10.6. The number of hydrogen-bond donors (Lipinski definition) is 0. The molecule has 0 fully saturated rings. The number of hydrogen-bond acceptors (Lipinski definition) is 4. The van der Waals surface area contributed by atoms with Crippen molar-refractivity contribution in [1.29, 1.82) is 0 Å². The van der Waals surface area contributed by atoms with Gasteiger partial charge in [0.05, 0.1) is 34.6 Å². The van der Waals surface area contributed by atoms with Crippen molar-refractivity contribution in [1.82, 2.24) is 24.5 Å². The Morgan fingerprint density at radius 3 is 1.42 bits per heavy atom. The van der Waals surface area contributed by atoms with Crippen LogP contribution in [0.4, 0.5) is 0 Å². The van der Waals surface area contributed by atoms with Crippen molar-refractivity contribution in [3.05, 3.63) is 164 Å². The lowest BCUT2D eigenvalue weighted by molar-refractivity contribution is 1.08. The van der Waals surface area contributed by atoms with Crippen LogP contribution in [-0.2, 0) is 0 Å². The van der Waals surface area contributed by atoms with E-state index in [1.165, 1.54) is 43.1 Å². The lowest BCUT2D eigenvalue weighted by Crippen LogP contribution is -2.01. The molecule has 244 valence electrons. The predicted octanol–water partition coefficient (Wildman–Crippen LogP) is 12.1. The van der Waals surface area contributed by atoms with Gasteiger partial charge in [-0.15, -0.1) is 0 Å². The third-order valence-corrected chi connectivity index (χ3v) is 11.0. The molecule has 0 saturated carbocycles. The molecule has 0 amide bonds. The molecular formula is C48H27N5. The minimum atomic E-state index is 0.738. The summed E-state index contributed by atoms with van der Waals surface area (Å²) < 4.78 is 2.22. The summed E-state index contributed by atoms with van der Waals surface area (Å²) in [5.74, 6) is 0.768. The minimum Gasteiger partial charge on any atom is -0.292 e. The van der Waals surface area contributed by atoms with Gasteiger partial charge in [0.15, 0.2) is 5.82 Å². The van der Waals surface area contributed by atoms with E-state index in [9.17, 15) is 0 Å². The van der Waals surface area contributed by atoms with Gasteiger partial charge in [0, 0.05) is 27.1 Å². The lowest BCUT2D eigenvalue weighted by Gasteiger charge is -2.14. The molecule has 0 aliphatic carbocycles. The van der Waals surface area contributed by atoms with Gasteiger partial charge in [0.2, 0.25) is 0 Å². The van der Waals surface area contributed by atoms with Gasteiger partial charge in [0.25, 0.3) is 0 Å². The van der Waals surface area contributed by atoms with Gasteiger partial charge in [0.1, 0.15) is 16.6 Å². The van der Waals surface area contributed by atoms with E-state index in [1.807, 2.05) is 12.4 Å². The Balaban J connectivity index is 1.14. The summed E-state index contributed by atoms with van der Waals surface area (Å²) in [5, 5.41) is 14.1. The molecule has 5 heteroatoms. The molecule has 3 aromatic heterocycles. The van der Waals surface area contributed by atoms with Crippen molar-refractivity contribution in [3.8, 4) is 17.1 Å². The number of rotatable bonds is 2. The maximum Gasteiger partial charge on any atom is 0.156 e. The molecule has 0 bridgehead atoms. The summed E-state index contributed by atoms with van der Waals surface area (Å²) in [6.45, 7) is 0. The number of aromatic nitrogens is 5. The molecule has 0 spiro atoms. The van der Waals surface area contributed by atoms with Crippen molar-refractivity contribution in [2.45, 2.75) is 0 Å². The molecule has 9 aromatic carbocycles. The van der Waals surface area contributed by atoms with E-state index >= 15 is 0 Å². The fourth-order valence-electron chi connectivity index (χ4n) is 8.61. The van der Waals surface area contributed by atoms with E-state index < -0.39 is 0 Å².